The van der Waals surface area contributed by atoms with Gasteiger partial charge in [-0.2, -0.15) is 22.0 Å². The molecular formula is C21H23F5N4O3S. The van der Waals surface area contributed by atoms with Crippen LogP contribution in [0.15, 0.2) is 28.7 Å². The monoisotopic (exact) mass is 506 g/mol. The van der Waals surface area contributed by atoms with E-state index in [1.54, 1.807) is 5.38 Å². The Morgan fingerprint density at radius 3 is 2.50 bits per heavy atom. The molecule has 4 unspecified atom stereocenters. The summed E-state index contributed by atoms with van der Waals surface area (Å²) in [5.41, 5.74) is -0.734. The van der Waals surface area contributed by atoms with Gasteiger partial charge in [-0.1, -0.05) is 6.07 Å². The van der Waals surface area contributed by atoms with Crippen LogP contribution >= 0.6 is 11.3 Å². The van der Waals surface area contributed by atoms with Crippen LogP contribution in [0.2, 0.25) is 0 Å². The SMILES string of the molecule is C=Nc1c(C(OC(F)(F)C(C)O)C(F)(F)F)ccc(-c2nccs2)c1OCN1CC2CC(C1)N2. The predicted molar refractivity (Wildman–Crippen MR) is 116 cm³/mol. The fourth-order valence-electron chi connectivity index (χ4n) is 4.06. The lowest BCUT2D eigenvalue weighted by atomic mass is 9.92. The van der Waals surface area contributed by atoms with Crippen molar-refractivity contribution in [1.82, 2.24) is 15.2 Å². The molecule has 0 amide bonds. The maximum absolute atomic E-state index is 14.0. The molecule has 1 aromatic carbocycles. The zero-order valence-electron chi connectivity index (χ0n) is 18.1. The van der Waals surface area contributed by atoms with Crippen LogP contribution in [0.25, 0.3) is 10.6 Å². The quantitative estimate of drug-likeness (QED) is 0.394. The maximum Gasteiger partial charge on any atom is 0.419 e. The molecule has 2 aromatic rings. The normalized spacial score (nSPS) is 22.7. The number of fused-ring (bicyclic) bond motifs is 2. The van der Waals surface area contributed by atoms with Gasteiger partial charge < -0.3 is 19.9 Å². The van der Waals surface area contributed by atoms with Crippen molar-refractivity contribution in [3.05, 3.63) is 29.3 Å². The first-order chi connectivity index (χ1) is 16.0. The number of hydrogen-bond acceptors (Lipinski definition) is 8. The molecule has 0 aliphatic carbocycles. The number of thiazole rings is 1. The molecule has 7 nitrogen and oxygen atoms in total. The third-order valence-electron chi connectivity index (χ3n) is 5.71. The Kier molecular flexibility index (Phi) is 6.93. The highest BCUT2D eigenvalue weighted by Gasteiger charge is 2.51. The summed E-state index contributed by atoms with van der Waals surface area (Å²) in [5, 5.41) is 14.7. The van der Waals surface area contributed by atoms with Crippen LogP contribution in [0.5, 0.6) is 5.75 Å². The first-order valence-electron chi connectivity index (χ1n) is 10.4. The lowest BCUT2D eigenvalue weighted by Crippen LogP contribution is -2.67. The fraction of sp³-hybridized carbons (Fsp3) is 0.524. The summed E-state index contributed by atoms with van der Waals surface area (Å²) in [6.45, 7) is 5.45. The van der Waals surface area contributed by atoms with Gasteiger partial charge in [-0.15, -0.1) is 11.3 Å². The number of nitrogens with one attached hydrogen (secondary N) is 1. The van der Waals surface area contributed by atoms with Crippen molar-refractivity contribution in [1.29, 1.82) is 0 Å². The Bertz CT molecular complexity index is 1000. The molecule has 4 heterocycles. The van der Waals surface area contributed by atoms with Crippen molar-refractivity contribution >= 4 is 23.7 Å². The summed E-state index contributed by atoms with van der Waals surface area (Å²) >= 11 is 1.23. The van der Waals surface area contributed by atoms with E-state index in [0.29, 0.717) is 42.7 Å². The molecule has 186 valence electrons. The summed E-state index contributed by atoms with van der Waals surface area (Å²) in [6, 6.07) is 2.95. The number of piperazine rings is 1. The molecule has 1 aromatic heterocycles. The average molecular weight is 506 g/mol. The summed E-state index contributed by atoms with van der Waals surface area (Å²) in [5.74, 6) is -0.0622. The van der Waals surface area contributed by atoms with Crippen LogP contribution in [-0.2, 0) is 4.74 Å². The summed E-state index contributed by atoms with van der Waals surface area (Å²) in [7, 11) is 0. The van der Waals surface area contributed by atoms with E-state index in [2.05, 4.69) is 26.7 Å². The van der Waals surface area contributed by atoms with Gasteiger partial charge in [0.05, 0.1) is 5.56 Å². The van der Waals surface area contributed by atoms with E-state index < -0.39 is 30.1 Å². The summed E-state index contributed by atoms with van der Waals surface area (Å²) in [6.07, 6.45) is -12.7. The predicted octanol–water partition coefficient (Wildman–Crippen LogP) is 4.12. The molecule has 13 heteroatoms. The van der Waals surface area contributed by atoms with E-state index in [1.807, 2.05) is 4.90 Å². The number of aliphatic imine (C=N–C) groups is 1. The highest BCUT2D eigenvalue weighted by Crippen LogP contribution is 2.49. The second-order valence-electron chi connectivity index (χ2n) is 8.26. The Hall–Kier alpha value is -2.19. The molecule has 0 radical (unpaired) electrons. The lowest BCUT2D eigenvalue weighted by molar-refractivity contribution is -0.352. The standard InChI is InChI=1S/C21H23F5N4O3S/c1-11(31)21(25,26)33-18(20(22,23)24)14-3-4-15(19-28-5-6-34-19)17(16(14)27-2)32-10-30-8-12-7-13(9-30)29-12/h3-6,11-13,18,29,31H,2,7-10H2,1H3. The lowest BCUT2D eigenvalue weighted by Gasteiger charge is -2.48. The van der Waals surface area contributed by atoms with Crippen LogP contribution in [0, 0.1) is 0 Å². The van der Waals surface area contributed by atoms with Gasteiger partial charge in [0, 0.05) is 42.3 Å². The van der Waals surface area contributed by atoms with Crippen LogP contribution in [0.4, 0.5) is 27.6 Å². The van der Waals surface area contributed by atoms with Crippen molar-refractivity contribution in [3.8, 4) is 16.3 Å². The molecule has 0 spiro atoms. The van der Waals surface area contributed by atoms with Crippen LogP contribution < -0.4 is 10.1 Å². The first-order valence-corrected chi connectivity index (χ1v) is 11.3. The average Bonchev–Trinajstić information content (AvgIpc) is 3.29. The van der Waals surface area contributed by atoms with Crippen LogP contribution in [-0.4, -0.2) is 72.0 Å². The number of halogens is 5. The first kappa shape index (κ1) is 24.9. The number of piperidine rings is 1. The van der Waals surface area contributed by atoms with Crippen molar-refractivity contribution in [2.24, 2.45) is 4.99 Å². The smallest absolute Gasteiger partial charge is 0.419 e. The van der Waals surface area contributed by atoms with E-state index in [-0.39, 0.29) is 18.2 Å². The minimum absolute atomic E-state index is 0.0560. The van der Waals surface area contributed by atoms with Gasteiger partial charge in [-0.3, -0.25) is 9.89 Å². The number of alkyl halides is 5. The molecule has 0 saturated carbocycles. The minimum atomic E-state index is -5.24. The van der Waals surface area contributed by atoms with Crippen LogP contribution in [0.3, 0.4) is 0 Å². The van der Waals surface area contributed by atoms with Crippen molar-refractivity contribution in [3.63, 3.8) is 0 Å². The van der Waals surface area contributed by atoms with E-state index in [9.17, 15) is 27.1 Å². The maximum atomic E-state index is 14.0. The molecule has 3 aliphatic rings. The number of nitrogens with zero attached hydrogens (tertiary/aromatic N) is 3. The molecule has 34 heavy (non-hydrogen) atoms. The number of rotatable bonds is 9. The molecule has 5 rings (SSSR count). The molecule has 2 N–H and O–H groups in total. The van der Waals surface area contributed by atoms with E-state index in [0.717, 1.165) is 12.5 Å². The number of aliphatic hydroxyl groups is 1. The van der Waals surface area contributed by atoms with Gasteiger partial charge in [0.25, 0.3) is 0 Å². The molecule has 3 fully saturated rings. The van der Waals surface area contributed by atoms with Gasteiger partial charge >= 0.3 is 12.3 Å². The Morgan fingerprint density at radius 2 is 1.97 bits per heavy atom. The van der Waals surface area contributed by atoms with Gasteiger partial charge in [-0.25, -0.2) is 4.98 Å². The molecule has 2 bridgehead atoms. The highest BCUT2D eigenvalue weighted by molar-refractivity contribution is 7.13. The topological polar surface area (TPSA) is 79.2 Å². The highest BCUT2D eigenvalue weighted by atomic mass is 32.1. The van der Waals surface area contributed by atoms with Gasteiger partial charge in [0.15, 0.2) is 11.9 Å². The van der Waals surface area contributed by atoms with Crippen LogP contribution in [0.1, 0.15) is 25.0 Å². The summed E-state index contributed by atoms with van der Waals surface area (Å²) in [4.78, 5) is 9.91. The molecular weight excluding hydrogens is 483 g/mol. The van der Waals surface area contributed by atoms with Crippen molar-refractivity contribution in [2.75, 3.05) is 19.8 Å². The number of ether oxygens (including phenoxy) is 2. The fourth-order valence-corrected chi connectivity index (χ4v) is 4.72. The Balaban J connectivity index is 1.73. The van der Waals surface area contributed by atoms with E-state index >= 15 is 0 Å². The van der Waals surface area contributed by atoms with Gasteiger partial charge in [0.1, 0.15) is 23.5 Å². The zero-order chi connectivity index (χ0) is 24.7. The third-order valence-corrected chi connectivity index (χ3v) is 6.52. The summed E-state index contributed by atoms with van der Waals surface area (Å²) < 4.78 is 79.7. The number of benzene rings is 1. The largest absolute Gasteiger partial charge is 0.475 e. The second-order valence-corrected chi connectivity index (χ2v) is 9.15. The van der Waals surface area contributed by atoms with Crippen molar-refractivity contribution < 1.29 is 36.5 Å². The number of aliphatic hydroxyl groups excluding tert-OH is 1. The number of aromatic nitrogens is 1. The zero-order valence-corrected chi connectivity index (χ0v) is 18.9. The Labute approximate surface area is 196 Å². The van der Waals surface area contributed by atoms with Gasteiger partial charge in [-0.05, 0) is 26.1 Å². The minimum Gasteiger partial charge on any atom is -0.475 e. The Morgan fingerprint density at radius 1 is 1.29 bits per heavy atom. The molecule has 3 saturated heterocycles. The number of hydrogen-bond donors (Lipinski definition) is 2. The van der Waals surface area contributed by atoms with Crippen molar-refractivity contribution in [2.45, 2.75) is 49.9 Å². The van der Waals surface area contributed by atoms with E-state index in [1.165, 1.54) is 23.6 Å². The van der Waals surface area contributed by atoms with Gasteiger partial charge in [0.2, 0.25) is 0 Å². The third kappa shape index (κ3) is 5.08. The molecule has 4 atom stereocenters. The second kappa shape index (κ2) is 9.46. The molecule has 3 aliphatic heterocycles. The van der Waals surface area contributed by atoms with E-state index in [4.69, 9.17) is 4.74 Å².